The molecule has 0 spiro atoms. The van der Waals surface area contributed by atoms with E-state index in [1.54, 1.807) is 6.92 Å². The maximum atomic E-state index is 9.78. The molecule has 11 heavy (non-hydrogen) atoms. The molecular weight excluding hydrogens is 142 g/mol. The Hall–Kier alpha value is -0.120. The molecule has 1 unspecified atom stereocenters. The van der Waals surface area contributed by atoms with Crippen LogP contribution in [0.2, 0.25) is 0 Å². The third-order valence-corrected chi connectivity index (χ3v) is 2.46. The highest BCUT2D eigenvalue weighted by atomic mass is 16.5. The first kappa shape index (κ1) is 8.97. The lowest BCUT2D eigenvalue weighted by Gasteiger charge is -2.48. The Bertz CT molecular complexity index is 138. The smallest absolute Gasteiger partial charge is 0.139 e. The zero-order chi connectivity index (χ0) is 8.70. The minimum Gasteiger partial charge on any atom is -0.375 e. The van der Waals surface area contributed by atoms with Gasteiger partial charge in [0, 0.05) is 5.54 Å². The molecular formula is C8H17NO2. The summed E-state index contributed by atoms with van der Waals surface area (Å²) < 4.78 is 5.28. The molecule has 1 heterocycles. The van der Waals surface area contributed by atoms with Crippen LogP contribution in [0.4, 0.5) is 0 Å². The molecule has 0 bridgehead atoms. The summed E-state index contributed by atoms with van der Waals surface area (Å²) in [5, 5.41) is 9.78. The van der Waals surface area contributed by atoms with Gasteiger partial charge in [0.05, 0.1) is 13.2 Å². The molecule has 0 aromatic heterocycles. The van der Waals surface area contributed by atoms with Gasteiger partial charge in [-0.2, -0.15) is 0 Å². The number of hydrogen-bond acceptors (Lipinski definition) is 3. The summed E-state index contributed by atoms with van der Waals surface area (Å²) >= 11 is 0. The van der Waals surface area contributed by atoms with Crippen molar-refractivity contribution in [3.8, 4) is 0 Å². The van der Waals surface area contributed by atoms with Crippen molar-refractivity contribution in [2.75, 3.05) is 20.3 Å². The second kappa shape index (κ2) is 2.44. The molecule has 1 rings (SSSR count). The summed E-state index contributed by atoms with van der Waals surface area (Å²) in [5.74, 6) is 0. The molecule has 0 radical (unpaired) electrons. The monoisotopic (exact) mass is 159 g/mol. The average Bonchev–Trinajstić information content (AvgIpc) is 1.82. The Morgan fingerprint density at radius 1 is 1.27 bits per heavy atom. The fourth-order valence-corrected chi connectivity index (χ4v) is 1.34. The van der Waals surface area contributed by atoms with E-state index < -0.39 is 5.72 Å². The Kier molecular flexibility index (Phi) is 1.99. The lowest BCUT2D eigenvalue weighted by atomic mass is 9.99. The van der Waals surface area contributed by atoms with Gasteiger partial charge in [-0.25, -0.2) is 0 Å². The third-order valence-electron chi connectivity index (χ3n) is 2.46. The van der Waals surface area contributed by atoms with Crippen LogP contribution in [-0.2, 0) is 4.74 Å². The van der Waals surface area contributed by atoms with E-state index in [1.807, 2.05) is 11.9 Å². The molecule has 66 valence electrons. The summed E-state index contributed by atoms with van der Waals surface area (Å²) in [5.41, 5.74) is -0.885. The van der Waals surface area contributed by atoms with Gasteiger partial charge in [0.1, 0.15) is 5.72 Å². The molecule has 1 N–H and O–H groups in total. The fourth-order valence-electron chi connectivity index (χ4n) is 1.34. The van der Waals surface area contributed by atoms with E-state index in [1.165, 1.54) is 0 Å². The zero-order valence-electron chi connectivity index (χ0n) is 7.72. The Balaban J connectivity index is 2.76. The number of likely N-dealkylation sites (N-methyl/N-ethyl adjacent to an activating group) is 1. The molecule has 0 amide bonds. The van der Waals surface area contributed by atoms with Crippen molar-refractivity contribution in [2.24, 2.45) is 0 Å². The summed E-state index contributed by atoms with van der Waals surface area (Å²) in [7, 11) is 1.92. The van der Waals surface area contributed by atoms with Crippen LogP contribution < -0.4 is 0 Å². The minimum atomic E-state index is -0.818. The van der Waals surface area contributed by atoms with Crippen LogP contribution in [0.1, 0.15) is 20.8 Å². The Labute approximate surface area is 68.0 Å². The maximum absolute atomic E-state index is 9.78. The van der Waals surface area contributed by atoms with Crippen LogP contribution >= 0.6 is 0 Å². The molecule has 0 saturated carbocycles. The van der Waals surface area contributed by atoms with Crippen molar-refractivity contribution in [3.63, 3.8) is 0 Å². The number of hydrogen-bond donors (Lipinski definition) is 1. The van der Waals surface area contributed by atoms with E-state index in [-0.39, 0.29) is 5.54 Å². The molecule has 3 heteroatoms. The first-order valence-electron chi connectivity index (χ1n) is 3.90. The Morgan fingerprint density at radius 3 is 2.18 bits per heavy atom. The molecule has 1 atom stereocenters. The number of morpholine rings is 1. The summed E-state index contributed by atoms with van der Waals surface area (Å²) in [6, 6.07) is 0. The van der Waals surface area contributed by atoms with Crippen LogP contribution in [0.3, 0.4) is 0 Å². The van der Waals surface area contributed by atoms with Crippen LogP contribution in [-0.4, -0.2) is 41.5 Å². The SMILES string of the molecule is CN1C(C)(C)COCC1(C)O. The van der Waals surface area contributed by atoms with Crippen LogP contribution in [0.5, 0.6) is 0 Å². The minimum absolute atomic E-state index is 0.0677. The van der Waals surface area contributed by atoms with E-state index >= 15 is 0 Å². The number of rotatable bonds is 0. The molecule has 0 aromatic rings. The van der Waals surface area contributed by atoms with Crippen molar-refractivity contribution in [1.29, 1.82) is 0 Å². The van der Waals surface area contributed by atoms with Gasteiger partial charge in [-0.15, -0.1) is 0 Å². The first-order valence-corrected chi connectivity index (χ1v) is 3.90. The topological polar surface area (TPSA) is 32.7 Å². The zero-order valence-corrected chi connectivity index (χ0v) is 7.72. The van der Waals surface area contributed by atoms with Crippen molar-refractivity contribution in [3.05, 3.63) is 0 Å². The van der Waals surface area contributed by atoms with Gasteiger partial charge in [-0.3, -0.25) is 4.90 Å². The van der Waals surface area contributed by atoms with Gasteiger partial charge < -0.3 is 9.84 Å². The molecule has 0 aromatic carbocycles. The van der Waals surface area contributed by atoms with E-state index in [0.717, 1.165) is 0 Å². The van der Waals surface area contributed by atoms with Gasteiger partial charge in [0.15, 0.2) is 0 Å². The molecule has 3 nitrogen and oxygen atoms in total. The standard InChI is InChI=1S/C8H17NO2/c1-7(2)5-11-6-8(3,10)9(7)4/h10H,5-6H2,1-4H3. The lowest BCUT2D eigenvalue weighted by Crippen LogP contribution is -2.62. The van der Waals surface area contributed by atoms with Crippen LogP contribution in [0.15, 0.2) is 0 Å². The summed E-state index contributed by atoms with van der Waals surface area (Å²) in [6.45, 7) is 6.96. The van der Waals surface area contributed by atoms with Gasteiger partial charge in [-0.1, -0.05) is 0 Å². The van der Waals surface area contributed by atoms with Gasteiger partial charge in [0.2, 0.25) is 0 Å². The highest BCUT2D eigenvalue weighted by molar-refractivity contribution is 4.89. The van der Waals surface area contributed by atoms with Crippen LogP contribution in [0, 0.1) is 0 Å². The predicted octanol–water partition coefficient (Wildman–Crippen LogP) is 0.435. The normalized spacial score (nSPS) is 39.0. The van der Waals surface area contributed by atoms with E-state index in [9.17, 15) is 5.11 Å². The van der Waals surface area contributed by atoms with E-state index in [0.29, 0.717) is 13.2 Å². The quantitative estimate of drug-likeness (QED) is 0.556. The predicted molar refractivity (Wildman–Crippen MR) is 43.3 cm³/mol. The van der Waals surface area contributed by atoms with Crippen molar-refractivity contribution < 1.29 is 9.84 Å². The van der Waals surface area contributed by atoms with Gasteiger partial charge in [-0.05, 0) is 27.8 Å². The summed E-state index contributed by atoms with van der Waals surface area (Å²) in [4.78, 5) is 1.95. The number of nitrogens with zero attached hydrogens (tertiary/aromatic N) is 1. The highest BCUT2D eigenvalue weighted by Crippen LogP contribution is 2.26. The van der Waals surface area contributed by atoms with Crippen molar-refractivity contribution >= 4 is 0 Å². The molecule has 1 aliphatic rings. The second-order valence-corrected chi connectivity index (χ2v) is 4.08. The molecule has 1 saturated heterocycles. The second-order valence-electron chi connectivity index (χ2n) is 4.08. The largest absolute Gasteiger partial charge is 0.375 e. The van der Waals surface area contributed by atoms with Gasteiger partial charge in [0.25, 0.3) is 0 Å². The molecule has 1 fully saturated rings. The maximum Gasteiger partial charge on any atom is 0.139 e. The number of aliphatic hydroxyl groups is 1. The lowest BCUT2D eigenvalue weighted by molar-refractivity contribution is -0.216. The first-order chi connectivity index (χ1) is 4.86. The summed E-state index contributed by atoms with van der Waals surface area (Å²) in [6.07, 6.45) is 0. The van der Waals surface area contributed by atoms with E-state index in [2.05, 4.69) is 13.8 Å². The number of ether oxygens (including phenoxy) is 1. The van der Waals surface area contributed by atoms with E-state index in [4.69, 9.17) is 4.74 Å². The van der Waals surface area contributed by atoms with Crippen LogP contribution in [0.25, 0.3) is 0 Å². The van der Waals surface area contributed by atoms with Gasteiger partial charge >= 0.3 is 0 Å². The fraction of sp³-hybridized carbons (Fsp3) is 1.00. The molecule has 0 aliphatic carbocycles. The Morgan fingerprint density at radius 2 is 1.82 bits per heavy atom. The highest BCUT2D eigenvalue weighted by Gasteiger charge is 2.41. The molecule has 1 aliphatic heterocycles. The van der Waals surface area contributed by atoms with Crippen molar-refractivity contribution in [2.45, 2.75) is 32.0 Å². The third kappa shape index (κ3) is 1.55. The van der Waals surface area contributed by atoms with Crippen molar-refractivity contribution in [1.82, 2.24) is 4.90 Å². The average molecular weight is 159 g/mol.